The highest BCUT2D eigenvalue weighted by molar-refractivity contribution is 5.79. The van der Waals surface area contributed by atoms with Gasteiger partial charge in [-0.3, -0.25) is 4.79 Å². The van der Waals surface area contributed by atoms with E-state index in [1.165, 1.54) is 70.6 Å². The Kier molecular flexibility index (Phi) is 12.9. The quantitative estimate of drug-likeness (QED) is 0.172. The monoisotopic (exact) mass is 470 g/mol. The number of hydrogen-bond donors (Lipinski definition) is 0. The lowest BCUT2D eigenvalue weighted by atomic mass is 10.0. The van der Waals surface area contributed by atoms with E-state index in [1.807, 2.05) is 36.4 Å². The highest BCUT2D eigenvalue weighted by Gasteiger charge is 2.36. The van der Waals surface area contributed by atoms with E-state index in [4.69, 9.17) is 14.2 Å². The Morgan fingerprint density at radius 1 is 0.794 bits per heavy atom. The summed E-state index contributed by atoms with van der Waals surface area (Å²) in [6.07, 6.45) is 21.6. The van der Waals surface area contributed by atoms with E-state index in [1.54, 1.807) is 0 Å². The van der Waals surface area contributed by atoms with Crippen LogP contribution in [0.1, 0.15) is 115 Å². The molecule has 0 spiro atoms. The van der Waals surface area contributed by atoms with Gasteiger partial charge in [-0.1, -0.05) is 126 Å². The molecule has 1 fully saturated rings. The van der Waals surface area contributed by atoms with Gasteiger partial charge in [0.15, 0.2) is 6.29 Å². The van der Waals surface area contributed by atoms with E-state index in [2.05, 4.69) is 13.0 Å². The van der Waals surface area contributed by atoms with Crippen LogP contribution in [-0.2, 0) is 19.0 Å². The smallest absolute Gasteiger partial charge is 0.184 e. The average molecular weight is 471 g/mol. The second kappa shape index (κ2) is 16.2. The molecule has 2 aliphatic heterocycles. The second-order valence-electron chi connectivity index (χ2n) is 10.0. The number of carbonyl (C=O) groups is 1. The molecule has 0 saturated carbocycles. The highest BCUT2D eigenvalue weighted by atomic mass is 16.7. The highest BCUT2D eigenvalue weighted by Crippen LogP contribution is 2.31. The Balaban J connectivity index is 1.19. The first-order valence-corrected chi connectivity index (χ1v) is 13.9. The first-order chi connectivity index (χ1) is 16.8. The van der Waals surface area contributed by atoms with E-state index in [9.17, 15) is 4.79 Å². The third-order valence-electron chi connectivity index (χ3n) is 6.98. The predicted octanol–water partition coefficient (Wildman–Crippen LogP) is 7.86. The van der Waals surface area contributed by atoms with Crippen molar-refractivity contribution in [3.63, 3.8) is 0 Å². The van der Waals surface area contributed by atoms with E-state index >= 15 is 0 Å². The minimum atomic E-state index is -0.357. The lowest BCUT2D eigenvalue weighted by Crippen LogP contribution is -2.45. The standard InChI is InChI=1S/C30H46O4/c1-2-3-4-5-6-7-8-9-10-11-12-13-17-20-26(31)23-27-21-22-28-29(33-27)24-32-30(34-28)25-18-15-14-16-19-25/h14-16,18-19,21-22,27-30H,2-13,17,20,23-24H2,1H3/t27-,28-,29+,30+/m0/s1. The van der Waals surface area contributed by atoms with E-state index in [0.29, 0.717) is 25.2 Å². The van der Waals surface area contributed by atoms with Gasteiger partial charge in [-0.05, 0) is 6.42 Å². The number of ketones is 1. The van der Waals surface area contributed by atoms with E-state index in [-0.39, 0.29) is 24.6 Å². The summed E-state index contributed by atoms with van der Waals surface area (Å²) in [7, 11) is 0. The van der Waals surface area contributed by atoms with Gasteiger partial charge >= 0.3 is 0 Å². The van der Waals surface area contributed by atoms with Gasteiger partial charge in [0, 0.05) is 18.4 Å². The number of unbranched alkanes of at least 4 members (excludes halogenated alkanes) is 12. The second-order valence-corrected chi connectivity index (χ2v) is 10.0. The maximum Gasteiger partial charge on any atom is 0.184 e. The summed E-state index contributed by atoms with van der Waals surface area (Å²) in [5.74, 6) is 0.302. The average Bonchev–Trinajstić information content (AvgIpc) is 2.87. The van der Waals surface area contributed by atoms with Crippen LogP contribution < -0.4 is 0 Å². The maximum absolute atomic E-state index is 12.4. The summed E-state index contributed by atoms with van der Waals surface area (Å²) in [6, 6.07) is 9.98. The first-order valence-electron chi connectivity index (χ1n) is 13.9. The van der Waals surface area contributed by atoms with Crippen molar-refractivity contribution in [2.24, 2.45) is 0 Å². The van der Waals surface area contributed by atoms with E-state index in [0.717, 1.165) is 18.4 Å². The van der Waals surface area contributed by atoms with Crippen molar-refractivity contribution in [3.05, 3.63) is 48.0 Å². The third-order valence-corrected chi connectivity index (χ3v) is 6.98. The van der Waals surface area contributed by atoms with Crippen molar-refractivity contribution in [1.29, 1.82) is 0 Å². The topological polar surface area (TPSA) is 44.8 Å². The van der Waals surface area contributed by atoms with Crippen LogP contribution in [0.5, 0.6) is 0 Å². The van der Waals surface area contributed by atoms with Crippen LogP contribution in [0.2, 0.25) is 0 Å². The molecule has 0 unspecified atom stereocenters. The van der Waals surface area contributed by atoms with Gasteiger partial charge in [0.2, 0.25) is 0 Å². The maximum atomic E-state index is 12.4. The van der Waals surface area contributed by atoms with Crippen LogP contribution in [0.25, 0.3) is 0 Å². The fourth-order valence-corrected chi connectivity index (χ4v) is 4.90. The predicted molar refractivity (Wildman–Crippen MR) is 138 cm³/mol. The van der Waals surface area contributed by atoms with Crippen LogP contribution in [0.3, 0.4) is 0 Å². The van der Waals surface area contributed by atoms with Crippen molar-refractivity contribution in [3.8, 4) is 0 Å². The fraction of sp³-hybridized carbons (Fsp3) is 0.700. The van der Waals surface area contributed by atoms with E-state index < -0.39 is 0 Å². The summed E-state index contributed by atoms with van der Waals surface area (Å²) in [6.45, 7) is 2.76. The van der Waals surface area contributed by atoms with Gasteiger partial charge in [-0.25, -0.2) is 0 Å². The van der Waals surface area contributed by atoms with Crippen molar-refractivity contribution in [2.75, 3.05) is 6.61 Å². The zero-order valence-electron chi connectivity index (χ0n) is 21.3. The molecule has 2 heterocycles. The number of carbonyl (C=O) groups excluding carboxylic acids is 1. The molecule has 0 amide bonds. The molecule has 4 nitrogen and oxygen atoms in total. The molecule has 2 aliphatic rings. The molecule has 34 heavy (non-hydrogen) atoms. The minimum absolute atomic E-state index is 0.119. The molecule has 0 bridgehead atoms. The van der Waals surface area contributed by atoms with Crippen LogP contribution in [0, 0.1) is 0 Å². The fourth-order valence-electron chi connectivity index (χ4n) is 4.90. The number of rotatable bonds is 17. The summed E-state index contributed by atoms with van der Waals surface area (Å²) in [5, 5.41) is 0. The SMILES string of the molecule is CCCCCCCCCCCCCCCC(=O)C[C@@H]1C=C[C@@H]2O[C@H](c3ccccc3)OC[C@H]2O1. The van der Waals surface area contributed by atoms with Gasteiger partial charge in [-0.15, -0.1) is 0 Å². The van der Waals surface area contributed by atoms with Gasteiger partial charge in [0.1, 0.15) is 18.0 Å². The molecule has 1 aromatic carbocycles. The first kappa shape index (κ1) is 27.1. The third kappa shape index (κ3) is 10.0. The van der Waals surface area contributed by atoms with Crippen molar-refractivity contribution in [2.45, 2.75) is 128 Å². The largest absolute Gasteiger partial charge is 0.365 e. The summed E-state index contributed by atoms with van der Waals surface area (Å²) >= 11 is 0. The molecule has 1 aromatic rings. The van der Waals surface area contributed by atoms with Gasteiger partial charge in [0.05, 0.1) is 12.7 Å². The summed E-state index contributed by atoms with van der Waals surface area (Å²) < 4.78 is 18.0. The number of hydrogen-bond acceptors (Lipinski definition) is 4. The molecule has 0 aromatic heterocycles. The molecule has 0 radical (unpaired) electrons. The number of ether oxygens (including phenoxy) is 3. The Labute approximate surface area is 207 Å². The van der Waals surface area contributed by atoms with Crippen LogP contribution in [0.15, 0.2) is 42.5 Å². The Bertz CT molecular complexity index is 701. The molecule has 4 heteroatoms. The zero-order chi connectivity index (χ0) is 23.8. The van der Waals surface area contributed by atoms with Gasteiger partial charge < -0.3 is 14.2 Å². The van der Waals surface area contributed by atoms with Gasteiger partial charge in [-0.2, -0.15) is 0 Å². The van der Waals surface area contributed by atoms with Crippen molar-refractivity contribution >= 4 is 5.78 Å². The molecule has 4 atom stereocenters. The van der Waals surface area contributed by atoms with Crippen LogP contribution >= 0.6 is 0 Å². The Morgan fingerprint density at radius 2 is 1.41 bits per heavy atom. The van der Waals surface area contributed by atoms with Crippen molar-refractivity contribution in [1.82, 2.24) is 0 Å². The molecular weight excluding hydrogens is 424 g/mol. The normalized spacial score (nSPS) is 24.1. The molecule has 190 valence electrons. The summed E-state index contributed by atoms with van der Waals surface area (Å²) in [5.41, 5.74) is 1.02. The molecule has 3 rings (SSSR count). The molecular formula is C30H46O4. The van der Waals surface area contributed by atoms with Crippen LogP contribution in [-0.4, -0.2) is 30.7 Å². The lowest BCUT2D eigenvalue weighted by molar-refractivity contribution is -0.262. The number of fused-ring (bicyclic) bond motifs is 1. The molecule has 1 saturated heterocycles. The van der Waals surface area contributed by atoms with Crippen molar-refractivity contribution < 1.29 is 19.0 Å². The number of Topliss-reactive ketones (excluding diaryl/α,β-unsaturated/α-hetero) is 1. The Morgan fingerprint density at radius 3 is 2.06 bits per heavy atom. The molecule has 0 N–H and O–H groups in total. The number of benzene rings is 1. The zero-order valence-corrected chi connectivity index (χ0v) is 21.3. The minimum Gasteiger partial charge on any atom is -0.365 e. The Hall–Kier alpha value is -1.49. The molecule has 0 aliphatic carbocycles. The van der Waals surface area contributed by atoms with Crippen LogP contribution in [0.4, 0.5) is 0 Å². The lowest BCUT2D eigenvalue weighted by Gasteiger charge is -2.39. The summed E-state index contributed by atoms with van der Waals surface area (Å²) in [4.78, 5) is 12.4. The van der Waals surface area contributed by atoms with Gasteiger partial charge in [0.25, 0.3) is 0 Å².